The van der Waals surface area contributed by atoms with Gasteiger partial charge in [0.1, 0.15) is 0 Å². The minimum absolute atomic E-state index is 0.0822. The molecule has 0 aliphatic heterocycles. The summed E-state index contributed by atoms with van der Waals surface area (Å²) in [5.74, 6) is 2.38. The van der Waals surface area contributed by atoms with E-state index in [1.807, 2.05) is 0 Å². The minimum Gasteiger partial charge on any atom is -0.393 e. The summed E-state index contributed by atoms with van der Waals surface area (Å²) in [4.78, 5) is 0. The predicted octanol–water partition coefficient (Wildman–Crippen LogP) is 2.97. The van der Waals surface area contributed by atoms with Crippen LogP contribution in [0, 0.1) is 23.7 Å². The van der Waals surface area contributed by atoms with Crippen LogP contribution in [0.15, 0.2) is 0 Å². The molecule has 0 aromatic carbocycles. The van der Waals surface area contributed by atoms with Crippen LogP contribution in [0.2, 0.25) is 0 Å². The van der Waals surface area contributed by atoms with Crippen molar-refractivity contribution in [2.45, 2.75) is 71.0 Å². The average Bonchev–Trinajstić information content (AvgIpc) is 2.29. The first-order valence-corrected chi connectivity index (χ1v) is 7.42. The van der Waals surface area contributed by atoms with E-state index in [1.165, 1.54) is 32.1 Å². The molecule has 2 rings (SSSR count). The van der Waals surface area contributed by atoms with Crippen molar-refractivity contribution in [1.29, 1.82) is 0 Å². The summed E-state index contributed by atoms with van der Waals surface area (Å²) in [5, 5.41) is 19.8. The van der Waals surface area contributed by atoms with Crippen LogP contribution in [-0.4, -0.2) is 22.4 Å². The van der Waals surface area contributed by atoms with E-state index in [2.05, 4.69) is 13.8 Å². The summed E-state index contributed by atoms with van der Waals surface area (Å²) in [6.07, 6.45) is 7.96. The zero-order valence-corrected chi connectivity index (χ0v) is 11.3. The standard InChI is InChI=1S/C15H28O2/c1-10-3-5-12(8-14(10)16)7-13-6-4-11(2)15(17)9-13/h10-17H,3-9H2,1-2H3. The van der Waals surface area contributed by atoms with E-state index >= 15 is 0 Å². The largest absolute Gasteiger partial charge is 0.393 e. The number of aliphatic hydroxyl groups is 2. The Bertz CT molecular complexity index is 217. The highest BCUT2D eigenvalue weighted by Crippen LogP contribution is 2.38. The second-order valence-electron chi connectivity index (χ2n) is 6.68. The molecule has 2 nitrogen and oxygen atoms in total. The maximum Gasteiger partial charge on any atom is 0.0568 e. The van der Waals surface area contributed by atoms with Crippen LogP contribution in [0.25, 0.3) is 0 Å². The lowest BCUT2D eigenvalue weighted by molar-refractivity contribution is 0.0233. The van der Waals surface area contributed by atoms with Crippen LogP contribution in [0.4, 0.5) is 0 Å². The second kappa shape index (κ2) is 5.71. The fourth-order valence-electron chi connectivity index (χ4n) is 3.66. The molecule has 6 atom stereocenters. The first-order valence-electron chi connectivity index (χ1n) is 7.42. The molecule has 0 amide bonds. The van der Waals surface area contributed by atoms with Crippen LogP contribution in [0.1, 0.15) is 58.8 Å². The van der Waals surface area contributed by atoms with Crippen molar-refractivity contribution < 1.29 is 10.2 Å². The highest BCUT2D eigenvalue weighted by atomic mass is 16.3. The molecule has 0 aromatic rings. The van der Waals surface area contributed by atoms with Crippen molar-refractivity contribution >= 4 is 0 Å². The van der Waals surface area contributed by atoms with Crippen LogP contribution in [0.5, 0.6) is 0 Å². The Morgan fingerprint density at radius 3 is 1.53 bits per heavy atom. The first kappa shape index (κ1) is 13.4. The molecule has 2 N–H and O–H groups in total. The summed E-state index contributed by atoms with van der Waals surface area (Å²) in [5.41, 5.74) is 0. The molecule has 17 heavy (non-hydrogen) atoms. The molecule has 6 unspecified atom stereocenters. The molecular weight excluding hydrogens is 212 g/mol. The van der Waals surface area contributed by atoms with E-state index in [0.29, 0.717) is 23.7 Å². The number of hydrogen-bond acceptors (Lipinski definition) is 2. The van der Waals surface area contributed by atoms with E-state index in [-0.39, 0.29) is 12.2 Å². The quantitative estimate of drug-likeness (QED) is 0.779. The third-order valence-corrected chi connectivity index (χ3v) is 5.19. The van der Waals surface area contributed by atoms with Crippen molar-refractivity contribution in [2.24, 2.45) is 23.7 Å². The van der Waals surface area contributed by atoms with Gasteiger partial charge in [0.25, 0.3) is 0 Å². The van der Waals surface area contributed by atoms with E-state index < -0.39 is 0 Å². The van der Waals surface area contributed by atoms with E-state index in [1.54, 1.807) is 0 Å². The fraction of sp³-hybridized carbons (Fsp3) is 1.00. The van der Waals surface area contributed by atoms with Gasteiger partial charge in [-0.05, 0) is 68.6 Å². The van der Waals surface area contributed by atoms with Crippen molar-refractivity contribution in [3.05, 3.63) is 0 Å². The maximum atomic E-state index is 9.92. The van der Waals surface area contributed by atoms with Gasteiger partial charge < -0.3 is 10.2 Å². The fourth-order valence-corrected chi connectivity index (χ4v) is 3.66. The van der Waals surface area contributed by atoms with Gasteiger partial charge in [-0.15, -0.1) is 0 Å². The Labute approximate surface area is 105 Å². The molecule has 0 spiro atoms. The number of aliphatic hydroxyl groups excluding tert-OH is 2. The lowest BCUT2D eigenvalue weighted by Gasteiger charge is -2.36. The maximum absolute atomic E-state index is 9.92. The van der Waals surface area contributed by atoms with Gasteiger partial charge in [0.15, 0.2) is 0 Å². The van der Waals surface area contributed by atoms with Gasteiger partial charge in [-0.3, -0.25) is 0 Å². The van der Waals surface area contributed by atoms with Crippen LogP contribution in [0.3, 0.4) is 0 Å². The molecule has 0 radical (unpaired) electrons. The first-order chi connectivity index (χ1) is 8.06. The molecule has 2 heteroatoms. The lowest BCUT2D eigenvalue weighted by atomic mass is 9.72. The van der Waals surface area contributed by atoms with E-state index in [4.69, 9.17) is 0 Å². The van der Waals surface area contributed by atoms with E-state index in [9.17, 15) is 10.2 Å². The zero-order valence-electron chi connectivity index (χ0n) is 11.3. The van der Waals surface area contributed by atoms with Gasteiger partial charge in [-0.2, -0.15) is 0 Å². The summed E-state index contributed by atoms with van der Waals surface area (Å²) in [7, 11) is 0. The van der Waals surface area contributed by atoms with Crippen LogP contribution < -0.4 is 0 Å². The molecule has 0 aromatic heterocycles. The summed E-state index contributed by atoms with van der Waals surface area (Å²) < 4.78 is 0. The molecule has 2 fully saturated rings. The van der Waals surface area contributed by atoms with Crippen molar-refractivity contribution in [3.8, 4) is 0 Å². The molecule has 2 aliphatic carbocycles. The van der Waals surface area contributed by atoms with Crippen molar-refractivity contribution in [3.63, 3.8) is 0 Å². The van der Waals surface area contributed by atoms with E-state index in [0.717, 1.165) is 12.8 Å². The van der Waals surface area contributed by atoms with Crippen molar-refractivity contribution in [2.75, 3.05) is 0 Å². The molecule has 0 heterocycles. The van der Waals surface area contributed by atoms with Gasteiger partial charge in [0.05, 0.1) is 12.2 Å². The third kappa shape index (κ3) is 3.45. The SMILES string of the molecule is CC1CCC(CC2CCC(C)C(O)C2)CC1O. The Balaban J connectivity index is 1.78. The molecule has 100 valence electrons. The molecular formula is C15H28O2. The molecule has 0 saturated heterocycles. The minimum atomic E-state index is -0.0822. The Morgan fingerprint density at radius 2 is 1.18 bits per heavy atom. The zero-order chi connectivity index (χ0) is 12.4. The highest BCUT2D eigenvalue weighted by molar-refractivity contribution is 4.83. The Hall–Kier alpha value is -0.0800. The third-order valence-electron chi connectivity index (χ3n) is 5.19. The second-order valence-corrected chi connectivity index (χ2v) is 6.68. The van der Waals surface area contributed by atoms with Crippen molar-refractivity contribution in [1.82, 2.24) is 0 Å². The molecule has 0 bridgehead atoms. The average molecular weight is 240 g/mol. The topological polar surface area (TPSA) is 40.5 Å². The molecule has 2 saturated carbocycles. The molecule has 2 aliphatic rings. The summed E-state index contributed by atoms with van der Waals surface area (Å²) >= 11 is 0. The van der Waals surface area contributed by atoms with Gasteiger partial charge in [-0.25, -0.2) is 0 Å². The van der Waals surface area contributed by atoms with Gasteiger partial charge in [-0.1, -0.05) is 13.8 Å². The van der Waals surface area contributed by atoms with Crippen LogP contribution in [-0.2, 0) is 0 Å². The Morgan fingerprint density at radius 1 is 0.765 bits per heavy atom. The van der Waals surface area contributed by atoms with Gasteiger partial charge in [0.2, 0.25) is 0 Å². The summed E-state index contributed by atoms with van der Waals surface area (Å²) in [6, 6.07) is 0. The monoisotopic (exact) mass is 240 g/mol. The van der Waals surface area contributed by atoms with Crippen LogP contribution >= 0.6 is 0 Å². The smallest absolute Gasteiger partial charge is 0.0568 e. The lowest BCUT2D eigenvalue weighted by Crippen LogP contribution is -2.32. The number of hydrogen-bond donors (Lipinski definition) is 2. The normalized spacial score (nSPS) is 48.0. The highest BCUT2D eigenvalue weighted by Gasteiger charge is 2.31. The predicted molar refractivity (Wildman–Crippen MR) is 69.6 cm³/mol. The number of rotatable bonds is 2. The van der Waals surface area contributed by atoms with Gasteiger partial charge in [0, 0.05) is 0 Å². The Kier molecular flexibility index (Phi) is 4.48. The summed E-state index contributed by atoms with van der Waals surface area (Å²) in [6.45, 7) is 4.32. The van der Waals surface area contributed by atoms with Gasteiger partial charge >= 0.3 is 0 Å².